The standard InChI is InChI=1S/C28H37N6O5P/c1-16-17(2)28(14-29,38-22(16)13-35)23-11-10-20(32-23)24(31-15-30)34-25(36)21(33-26(37)39-27(3,4)5)12-18-6-8-19(40)9-7-18/h6-11,15-17,21-22,32,35H,12-13,40H2,1-5H3,(H,33,37)(H2,30,31,34,36)/t16-,17+,21-,22+,28+/m0/s1. The average molecular weight is 569 g/mol. The number of nitrogens with zero attached hydrogens (tertiary/aromatic N) is 2. The summed E-state index contributed by atoms with van der Waals surface area (Å²) < 4.78 is 11.4. The maximum atomic E-state index is 13.5. The summed E-state index contributed by atoms with van der Waals surface area (Å²) in [7, 11) is 2.59. The summed E-state index contributed by atoms with van der Waals surface area (Å²) in [5, 5.41) is 33.6. The number of carbonyl (C=O) groups excluding carboxylic acids is 2. The van der Waals surface area contributed by atoms with E-state index in [2.05, 4.69) is 35.9 Å². The van der Waals surface area contributed by atoms with Crippen LogP contribution in [0.2, 0.25) is 0 Å². The summed E-state index contributed by atoms with van der Waals surface area (Å²) in [6.45, 7) is 8.76. The van der Waals surface area contributed by atoms with Crippen molar-refractivity contribution in [2.24, 2.45) is 16.8 Å². The Labute approximate surface area is 236 Å². The first-order valence-electron chi connectivity index (χ1n) is 12.9. The van der Waals surface area contributed by atoms with Gasteiger partial charge in [-0.05, 0) is 49.7 Å². The molecule has 1 aromatic heterocycles. The Morgan fingerprint density at radius 2 is 1.98 bits per heavy atom. The lowest BCUT2D eigenvalue weighted by Crippen LogP contribution is -2.51. The molecule has 12 heteroatoms. The van der Waals surface area contributed by atoms with E-state index in [0.29, 0.717) is 11.4 Å². The second kappa shape index (κ2) is 12.7. The Hall–Kier alpha value is -3.58. The summed E-state index contributed by atoms with van der Waals surface area (Å²) in [4.78, 5) is 33.2. The minimum absolute atomic E-state index is 0.0213. The summed E-state index contributed by atoms with van der Waals surface area (Å²) in [5.74, 6) is -0.875. The summed E-state index contributed by atoms with van der Waals surface area (Å²) in [5.41, 5.74) is -0.516. The normalized spacial score (nSPS) is 23.6. The Balaban J connectivity index is 1.87. The van der Waals surface area contributed by atoms with Gasteiger partial charge in [0.2, 0.25) is 5.91 Å². The Morgan fingerprint density at radius 3 is 2.52 bits per heavy atom. The first-order chi connectivity index (χ1) is 18.8. The van der Waals surface area contributed by atoms with Crippen molar-refractivity contribution in [2.45, 2.75) is 64.4 Å². The van der Waals surface area contributed by atoms with Crippen LogP contribution in [0, 0.1) is 28.6 Å². The molecule has 5 N–H and O–H groups in total. The van der Waals surface area contributed by atoms with Crippen LogP contribution >= 0.6 is 9.24 Å². The molecular weight excluding hydrogens is 531 g/mol. The number of hydrogen-bond acceptors (Lipinski definition) is 7. The number of rotatable bonds is 8. The number of amidine groups is 1. The van der Waals surface area contributed by atoms with E-state index in [1.165, 1.54) is 0 Å². The van der Waals surface area contributed by atoms with Crippen LogP contribution in [0.5, 0.6) is 0 Å². The summed E-state index contributed by atoms with van der Waals surface area (Å²) in [6.07, 6.45) is -0.301. The zero-order chi connectivity index (χ0) is 29.7. The number of carbonyl (C=O) groups is 2. The highest BCUT2D eigenvalue weighted by molar-refractivity contribution is 7.27. The van der Waals surface area contributed by atoms with E-state index in [0.717, 1.165) is 17.2 Å². The monoisotopic (exact) mass is 568 g/mol. The fourth-order valence-electron chi connectivity index (χ4n) is 4.58. The number of alkyl carbamates (subject to hydrolysis) is 1. The lowest BCUT2D eigenvalue weighted by molar-refractivity contribution is -0.121. The molecule has 11 nitrogen and oxygen atoms in total. The predicted molar refractivity (Wildman–Crippen MR) is 154 cm³/mol. The summed E-state index contributed by atoms with van der Waals surface area (Å²) in [6, 6.07) is 12.0. The van der Waals surface area contributed by atoms with E-state index in [9.17, 15) is 20.0 Å². The first-order valence-corrected chi connectivity index (χ1v) is 13.5. The molecule has 6 atom stereocenters. The smallest absolute Gasteiger partial charge is 0.408 e. The molecule has 2 aromatic rings. The molecule has 0 aliphatic carbocycles. The highest BCUT2D eigenvalue weighted by atomic mass is 31.0. The lowest BCUT2D eigenvalue weighted by atomic mass is 9.80. The molecule has 1 aromatic carbocycles. The van der Waals surface area contributed by atoms with E-state index in [-0.39, 0.29) is 30.7 Å². The van der Waals surface area contributed by atoms with E-state index >= 15 is 0 Å². The van der Waals surface area contributed by atoms with Crippen LogP contribution in [-0.2, 0) is 26.3 Å². The van der Waals surface area contributed by atoms with Gasteiger partial charge < -0.3 is 30.2 Å². The minimum atomic E-state index is -1.34. The van der Waals surface area contributed by atoms with Crippen LogP contribution in [0.15, 0.2) is 41.4 Å². The molecule has 214 valence electrons. The van der Waals surface area contributed by atoms with Crippen LogP contribution < -0.4 is 15.9 Å². The number of ether oxygens (including phenoxy) is 2. The van der Waals surface area contributed by atoms with Gasteiger partial charge in [0.25, 0.3) is 0 Å². The fraction of sp³-hybridized carbons (Fsp3) is 0.464. The quantitative estimate of drug-likeness (QED) is 0.186. The lowest BCUT2D eigenvalue weighted by Gasteiger charge is -2.25. The molecule has 1 aliphatic heterocycles. The average Bonchev–Trinajstić information content (AvgIpc) is 3.47. The largest absolute Gasteiger partial charge is 0.444 e. The Bertz CT molecular complexity index is 1300. The number of hydrogen-bond donors (Lipinski definition) is 5. The molecule has 1 unspecified atom stereocenters. The topological polar surface area (TPSA) is 173 Å². The second-order valence-electron chi connectivity index (χ2n) is 10.9. The maximum Gasteiger partial charge on any atom is 0.408 e. The number of aliphatic hydroxyl groups excluding tert-OH is 1. The number of benzene rings is 1. The first kappa shape index (κ1) is 31.0. The van der Waals surface area contributed by atoms with Gasteiger partial charge in [0.05, 0.1) is 24.1 Å². The van der Waals surface area contributed by atoms with Crippen LogP contribution in [0.4, 0.5) is 4.79 Å². The zero-order valence-electron chi connectivity index (χ0n) is 23.3. The second-order valence-corrected chi connectivity index (χ2v) is 11.5. The van der Waals surface area contributed by atoms with Gasteiger partial charge in [0, 0.05) is 12.3 Å². The Morgan fingerprint density at radius 1 is 1.30 bits per heavy atom. The van der Waals surface area contributed by atoms with Crippen molar-refractivity contribution in [2.75, 3.05) is 6.61 Å². The van der Waals surface area contributed by atoms with Crippen molar-refractivity contribution >= 4 is 38.7 Å². The Kier molecular flexibility index (Phi) is 9.85. The van der Waals surface area contributed by atoms with E-state index < -0.39 is 35.3 Å². The zero-order valence-corrected chi connectivity index (χ0v) is 24.5. The SMILES string of the molecule is C[C@H]1[C@@H](C)[C@](C#N)(c2ccc(/C(=N\C=N)NC(=O)[C@H](Cc3ccc(P)cc3)NC(=O)OC(C)(C)C)[nH]2)O[C@@H]1CO. The van der Waals surface area contributed by atoms with E-state index in [1.54, 1.807) is 32.9 Å². The molecule has 0 bridgehead atoms. The maximum absolute atomic E-state index is 13.5. The molecule has 40 heavy (non-hydrogen) atoms. The van der Waals surface area contributed by atoms with Crippen molar-refractivity contribution in [3.05, 3.63) is 53.3 Å². The van der Waals surface area contributed by atoms with Gasteiger partial charge in [-0.2, -0.15) is 5.26 Å². The minimum Gasteiger partial charge on any atom is -0.444 e. The highest BCUT2D eigenvalue weighted by Gasteiger charge is 2.53. The number of aromatic nitrogens is 1. The van der Waals surface area contributed by atoms with Gasteiger partial charge in [-0.3, -0.25) is 10.2 Å². The van der Waals surface area contributed by atoms with Crippen molar-refractivity contribution < 1.29 is 24.2 Å². The molecular formula is C28H37N6O5P. The molecule has 0 spiro atoms. The van der Waals surface area contributed by atoms with Crippen LogP contribution in [0.25, 0.3) is 0 Å². The number of aromatic amines is 1. The van der Waals surface area contributed by atoms with Crippen LogP contribution in [-0.4, -0.2) is 58.6 Å². The molecule has 2 amide bonds. The van der Waals surface area contributed by atoms with Crippen LogP contribution in [0.3, 0.4) is 0 Å². The fourth-order valence-corrected chi connectivity index (χ4v) is 4.77. The number of nitriles is 1. The van der Waals surface area contributed by atoms with Gasteiger partial charge in [-0.1, -0.05) is 38.1 Å². The molecule has 1 aliphatic rings. The predicted octanol–water partition coefficient (Wildman–Crippen LogP) is 2.50. The van der Waals surface area contributed by atoms with E-state index in [1.807, 2.05) is 38.1 Å². The van der Waals surface area contributed by atoms with Gasteiger partial charge in [0.15, 0.2) is 11.4 Å². The van der Waals surface area contributed by atoms with Crippen molar-refractivity contribution in [3.63, 3.8) is 0 Å². The van der Waals surface area contributed by atoms with Gasteiger partial charge in [0.1, 0.15) is 24.1 Å². The van der Waals surface area contributed by atoms with Gasteiger partial charge in [-0.25, -0.2) is 9.79 Å². The number of nitrogens with one attached hydrogen (secondary N) is 4. The molecule has 0 radical (unpaired) electrons. The van der Waals surface area contributed by atoms with Gasteiger partial charge >= 0.3 is 6.09 Å². The van der Waals surface area contributed by atoms with E-state index in [4.69, 9.17) is 14.9 Å². The van der Waals surface area contributed by atoms with Gasteiger partial charge in [-0.15, -0.1) is 9.24 Å². The van der Waals surface area contributed by atoms with Crippen molar-refractivity contribution in [3.8, 4) is 6.07 Å². The molecule has 0 saturated carbocycles. The molecule has 1 fully saturated rings. The summed E-state index contributed by atoms with van der Waals surface area (Å²) >= 11 is 0. The van der Waals surface area contributed by atoms with Crippen molar-refractivity contribution in [1.82, 2.24) is 15.6 Å². The number of aliphatic hydroxyl groups is 1. The van der Waals surface area contributed by atoms with Crippen molar-refractivity contribution in [1.29, 1.82) is 10.7 Å². The third-order valence-corrected chi connectivity index (χ3v) is 7.29. The molecule has 2 heterocycles. The number of H-pyrrole nitrogens is 1. The van der Waals surface area contributed by atoms with Crippen LogP contribution in [0.1, 0.15) is 51.6 Å². The molecule has 3 rings (SSSR count). The number of aliphatic imine (C=N–C) groups is 1. The highest BCUT2D eigenvalue weighted by Crippen LogP contribution is 2.46. The third kappa shape index (κ3) is 7.13. The molecule has 1 saturated heterocycles. The number of amides is 2. The third-order valence-electron chi connectivity index (χ3n) is 6.90.